The lowest BCUT2D eigenvalue weighted by Gasteiger charge is -2.52. The third-order valence-corrected chi connectivity index (χ3v) is 14.0. The number of alkyl halides is 3. The number of fused-ring (bicyclic) bond motifs is 1. The average molecular weight is 830 g/mol. The molecule has 17 heteroatoms. The smallest absolute Gasteiger partial charge is 0.405 e. The number of rotatable bonds is 12. The van der Waals surface area contributed by atoms with E-state index in [0.717, 1.165) is 25.7 Å². The summed E-state index contributed by atoms with van der Waals surface area (Å²) in [6.07, 6.45) is 3.29. The molecule has 13 nitrogen and oxygen atoms in total. The molecule has 2 saturated carbocycles. The van der Waals surface area contributed by atoms with Crippen LogP contribution >= 0.6 is 0 Å². The Labute approximate surface area is 341 Å². The quantitative estimate of drug-likeness (QED) is 0.291. The van der Waals surface area contributed by atoms with E-state index in [4.69, 9.17) is 14.2 Å². The number of nitrogens with zero attached hydrogens (tertiary/aromatic N) is 5. The normalized spacial score (nSPS) is 26.3. The number of piperazine rings is 1. The molecule has 3 atom stereocenters. The number of nitrogens with one attached hydrogen (secondary N) is 2. The third kappa shape index (κ3) is 8.45. The number of amides is 3. The van der Waals surface area contributed by atoms with Gasteiger partial charge in [-0.05, 0) is 94.1 Å². The number of aryl methyl sites for hydroxylation is 1. The van der Waals surface area contributed by atoms with Gasteiger partial charge >= 0.3 is 6.18 Å². The Morgan fingerprint density at radius 3 is 2.36 bits per heavy atom. The lowest BCUT2D eigenvalue weighted by atomic mass is 9.79. The van der Waals surface area contributed by atoms with Gasteiger partial charge < -0.3 is 29.7 Å². The van der Waals surface area contributed by atoms with Crippen LogP contribution in [0.2, 0.25) is 0 Å². The molecular formula is C42H55F4N7O6. The van der Waals surface area contributed by atoms with Crippen LogP contribution in [0.3, 0.4) is 0 Å². The number of anilines is 1. The number of likely N-dealkylation sites (tertiary alicyclic amines) is 1. The van der Waals surface area contributed by atoms with Gasteiger partial charge in [-0.3, -0.25) is 28.9 Å². The first-order valence-corrected chi connectivity index (χ1v) is 21.6. The first-order chi connectivity index (χ1) is 28.4. The Morgan fingerprint density at radius 2 is 1.73 bits per heavy atom. The van der Waals surface area contributed by atoms with Crippen LogP contribution in [0.1, 0.15) is 86.8 Å². The van der Waals surface area contributed by atoms with E-state index in [0.29, 0.717) is 83.5 Å². The van der Waals surface area contributed by atoms with Gasteiger partial charge in [0.1, 0.15) is 34.9 Å². The van der Waals surface area contributed by atoms with Crippen LogP contribution in [0.4, 0.5) is 23.2 Å². The highest BCUT2D eigenvalue weighted by atomic mass is 19.4. The predicted octanol–water partition coefficient (Wildman–Crippen LogP) is 4.77. The summed E-state index contributed by atoms with van der Waals surface area (Å²) in [7, 11) is 0. The van der Waals surface area contributed by atoms with E-state index in [9.17, 15) is 27.6 Å². The van der Waals surface area contributed by atoms with Crippen LogP contribution in [-0.4, -0.2) is 131 Å². The van der Waals surface area contributed by atoms with E-state index in [-0.39, 0.29) is 53.6 Å². The van der Waals surface area contributed by atoms with Crippen LogP contribution < -0.4 is 15.4 Å². The Kier molecular flexibility index (Phi) is 11.2. The van der Waals surface area contributed by atoms with Crippen molar-refractivity contribution in [2.75, 3.05) is 64.5 Å². The first-order valence-electron chi connectivity index (χ1n) is 21.6. The van der Waals surface area contributed by atoms with E-state index in [2.05, 4.69) is 20.6 Å². The maximum absolute atomic E-state index is 16.5. The number of hydrogen-bond acceptors (Lipinski definition) is 9. The standard InChI is InChI=1S/C42H55F4N7O6/c1-2-53-32(7-12-47-53)39(55)49-38(37(26-3-4-26)27-5-6-27)40(56)48-31-18-34-29(17-30(31)43)33(19-41(59-34)10-13-50(14-11-41)28-23-58-24-28)52-21-35(42(44,45)46)51(22-36(52)54)20-25-8-15-57-16-9-25/h7,12,17-18,25-28,33,35,37-38H,2-6,8-11,13-16,19-24H2,1H3,(H,48,56)(H,49,55)/t33?,35-,38-/m0/s1. The number of benzene rings is 1. The summed E-state index contributed by atoms with van der Waals surface area (Å²) >= 11 is 0. The van der Waals surface area contributed by atoms with Gasteiger partial charge in [0.25, 0.3) is 5.91 Å². The van der Waals surface area contributed by atoms with E-state index >= 15 is 4.39 Å². The van der Waals surface area contributed by atoms with Crippen LogP contribution in [0.5, 0.6) is 5.75 Å². The van der Waals surface area contributed by atoms with Crippen molar-refractivity contribution in [3.05, 3.63) is 41.5 Å². The van der Waals surface area contributed by atoms with Crippen LogP contribution in [-0.2, 0) is 25.6 Å². The zero-order valence-electron chi connectivity index (χ0n) is 33.6. The summed E-state index contributed by atoms with van der Waals surface area (Å²) in [6, 6.07) is 0.810. The van der Waals surface area contributed by atoms with Crippen LogP contribution in [0.25, 0.3) is 0 Å². The molecule has 1 unspecified atom stereocenters. The molecule has 1 aromatic carbocycles. The van der Waals surface area contributed by atoms with Gasteiger partial charge in [0.15, 0.2) is 0 Å². The zero-order chi connectivity index (χ0) is 41.1. The minimum absolute atomic E-state index is 0.00870. The topological polar surface area (TPSA) is 130 Å². The predicted molar refractivity (Wildman–Crippen MR) is 206 cm³/mol. The Bertz CT molecular complexity index is 1870. The van der Waals surface area contributed by atoms with Gasteiger partial charge in [0, 0.05) is 70.2 Å². The molecule has 322 valence electrons. The molecule has 6 heterocycles. The molecule has 7 aliphatic rings. The Morgan fingerprint density at radius 1 is 1.02 bits per heavy atom. The molecule has 0 radical (unpaired) electrons. The molecule has 6 fully saturated rings. The second-order valence-corrected chi connectivity index (χ2v) is 17.9. The number of ether oxygens (including phenoxy) is 3. The fourth-order valence-electron chi connectivity index (χ4n) is 10.3. The summed E-state index contributed by atoms with van der Waals surface area (Å²) in [5, 5.41) is 9.98. The van der Waals surface area contributed by atoms with E-state index < -0.39 is 66.5 Å². The third-order valence-electron chi connectivity index (χ3n) is 14.0. The van der Waals surface area contributed by atoms with Crippen molar-refractivity contribution in [3.63, 3.8) is 0 Å². The van der Waals surface area contributed by atoms with Crippen molar-refractivity contribution in [1.82, 2.24) is 29.8 Å². The fraction of sp³-hybridized carbons (Fsp3) is 0.714. The van der Waals surface area contributed by atoms with Crippen molar-refractivity contribution in [3.8, 4) is 5.75 Å². The second kappa shape index (κ2) is 16.2. The Balaban J connectivity index is 1.01. The molecule has 1 spiro atoms. The molecule has 4 saturated heterocycles. The fourth-order valence-corrected chi connectivity index (χ4v) is 10.3. The molecule has 5 aliphatic heterocycles. The molecular weight excluding hydrogens is 774 g/mol. The van der Waals surface area contributed by atoms with E-state index in [1.807, 2.05) is 6.92 Å². The van der Waals surface area contributed by atoms with Crippen molar-refractivity contribution in [1.29, 1.82) is 0 Å². The number of piperidine rings is 1. The van der Waals surface area contributed by atoms with Crippen LogP contribution in [0.15, 0.2) is 24.4 Å². The minimum Gasteiger partial charge on any atom is -0.487 e. The summed E-state index contributed by atoms with van der Waals surface area (Å²) in [5.41, 5.74) is -0.396. The number of carbonyl (C=O) groups is 3. The summed E-state index contributed by atoms with van der Waals surface area (Å²) in [6.45, 7) is 5.07. The maximum Gasteiger partial charge on any atom is 0.405 e. The monoisotopic (exact) mass is 829 g/mol. The highest BCUT2D eigenvalue weighted by Crippen LogP contribution is 2.52. The van der Waals surface area contributed by atoms with Gasteiger partial charge in [0.2, 0.25) is 11.8 Å². The molecule has 2 aromatic rings. The molecule has 9 rings (SSSR count). The second-order valence-electron chi connectivity index (χ2n) is 17.9. The van der Waals surface area contributed by atoms with Gasteiger partial charge in [-0.1, -0.05) is 0 Å². The van der Waals surface area contributed by atoms with Crippen molar-refractivity contribution < 1.29 is 46.2 Å². The van der Waals surface area contributed by atoms with Gasteiger partial charge in [-0.2, -0.15) is 18.3 Å². The number of hydrogen-bond donors (Lipinski definition) is 2. The lowest BCUT2D eigenvalue weighted by molar-refractivity contribution is -0.205. The maximum atomic E-state index is 16.5. The van der Waals surface area contributed by atoms with Crippen LogP contribution in [0, 0.1) is 29.5 Å². The van der Waals surface area contributed by atoms with E-state index in [1.165, 1.54) is 28.1 Å². The van der Waals surface area contributed by atoms with Gasteiger partial charge in [0.05, 0.1) is 37.5 Å². The molecule has 0 bridgehead atoms. The highest BCUT2D eigenvalue weighted by molar-refractivity contribution is 6.01. The molecule has 2 N–H and O–H groups in total. The molecule has 3 amide bonds. The van der Waals surface area contributed by atoms with Crippen molar-refractivity contribution in [2.24, 2.45) is 23.7 Å². The SMILES string of the molecule is CCn1nccc1C(=O)N[C@H](C(=O)Nc1cc2c(cc1F)C(N1C[C@@H](C(F)(F)F)N(CC3CCOCC3)CC1=O)CC1(CCN(C3COC3)CC1)O2)C(C1CC1)C1CC1. The number of carbonyl (C=O) groups excluding carboxylic acids is 3. The van der Waals surface area contributed by atoms with E-state index in [1.54, 1.807) is 10.7 Å². The summed E-state index contributed by atoms with van der Waals surface area (Å²) in [5.74, 6) is -1.61. The average Bonchev–Trinajstić information content (AvgIpc) is 4.14. The highest BCUT2D eigenvalue weighted by Gasteiger charge is 2.54. The molecule has 59 heavy (non-hydrogen) atoms. The van der Waals surface area contributed by atoms with Crippen molar-refractivity contribution in [2.45, 2.75) is 107 Å². The largest absolute Gasteiger partial charge is 0.487 e. The summed E-state index contributed by atoms with van der Waals surface area (Å²) in [4.78, 5) is 47.0. The lowest BCUT2D eigenvalue weighted by Crippen LogP contribution is -2.64. The minimum atomic E-state index is -4.60. The van der Waals surface area contributed by atoms with Gasteiger partial charge in [-0.15, -0.1) is 0 Å². The zero-order valence-corrected chi connectivity index (χ0v) is 33.6. The number of aromatic nitrogens is 2. The Hall–Kier alpha value is -3.80. The van der Waals surface area contributed by atoms with Crippen molar-refractivity contribution >= 4 is 23.4 Å². The molecule has 2 aliphatic carbocycles. The number of halogens is 4. The van der Waals surface area contributed by atoms with Gasteiger partial charge in [-0.25, -0.2) is 4.39 Å². The molecule has 1 aromatic heterocycles. The summed E-state index contributed by atoms with van der Waals surface area (Å²) < 4.78 is 80.4. The first kappa shape index (κ1) is 40.6.